The molecule has 0 saturated carbocycles. The van der Waals surface area contributed by atoms with E-state index < -0.39 is 7.26 Å². The Hall–Kier alpha value is -1.48. The summed E-state index contributed by atoms with van der Waals surface area (Å²) in [6.45, 7) is 2.73. The van der Waals surface area contributed by atoms with Gasteiger partial charge in [-0.3, -0.25) is 0 Å². The molecule has 0 N–H and O–H groups in total. The van der Waals surface area contributed by atoms with Gasteiger partial charge in [-0.15, -0.1) is 0 Å². The predicted molar refractivity (Wildman–Crippen MR) is 143 cm³/mol. The molecule has 31 heavy (non-hydrogen) atoms. The molecule has 2 heteroatoms. The van der Waals surface area contributed by atoms with Crippen molar-refractivity contribution in [3.63, 3.8) is 0 Å². The van der Waals surface area contributed by atoms with Gasteiger partial charge in [-0.25, -0.2) is 0 Å². The van der Waals surface area contributed by atoms with Gasteiger partial charge in [-0.2, -0.15) is 0 Å². The molecule has 2 fully saturated rings. The van der Waals surface area contributed by atoms with Crippen LogP contribution in [0.4, 0.5) is 0 Å². The van der Waals surface area contributed by atoms with Crippen LogP contribution in [-0.2, 0) is 12.8 Å². The van der Waals surface area contributed by atoms with Crippen LogP contribution in [-0.4, -0.2) is 30.3 Å². The summed E-state index contributed by atoms with van der Waals surface area (Å²) < 4.78 is 0. The zero-order chi connectivity index (χ0) is 21.1. The molecule has 0 aromatic heterocycles. The molecule has 2 saturated heterocycles. The van der Waals surface area contributed by atoms with Crippen LogP contribution in [0.2, 0.25) is 0 Å². The Morgan fingerprint density at radius 2 is 1.39 bits per heavy atom. The van der Waals surface area contributed by atoms with Crippen LogP contribution in [0.25, 0.3) is 0 Å². The third-order valence-corrected chi connectivity index (χ3v) is 16.7. The topological polar surface area (TPSA) is 0 Å². The van der Waals surface area contributed by atoms with Gasteiger partial charge in [0.05, 0.1) is 0 Å². The van der Waals surface area contributed by atoms with Crippen LogP contribution in [0.5, 0.6) is 0 Å². The van der Waals surface area contributed by atoms with E-state index in [0.717, 1.165) is 11.3 Å². The average molecular weight is 447 g/mol. The first-order valence-corrected chi connectivity index (χ1v) is 16.6. The van der Waals surface area contributed by atoms with Gasteiger partial charge in [0.1, 0.15) is 0 Å². The summed E-state index contributed by atoms with van der Waals surface area (Å²) in [5.74, 6) is 0. The Morgan fingerprint density at radius 1 is 0.742 bits per heavy atom. The first-order valence-electron chi connectivity index (χ1n) is 12.2. The van der Waals surface area contributed by atoms with Crippen LogP contribution in [0, 0.1) is 0 Å². The number of hydrogen-bond donors (Lipinski definition) is 0. The number of hydrogen-bond acceptors (Lipinski definition) is 0. The van der Waals surface area contributed by atoms with Crippen molar-refractivity contribution in [3.05, 3.63) is 96.1 Å². The van der Waals surface area contributed by atoms with Gasteiger partial charge in [0.25, 0.3) is 0 Å². The summed E-state index contributed by atoms with van der Waals surface area (Å²) in [5.41, 5.74) is 4.83. The zero-order valence-corrected chi connectivity index (χ0v) is 20.7. The third-order valence-electron chi connectivity index (χ3n) is 7.99. The van der Waals surface area contributed by atoms with Crippen molar-refractivity contribution in [2.45, 2.75) is 49.8 Å². The van der Waals surface area contributed by atoms with Gasteiger partial charge < -0.3 is 0 Å². The molecule has 0 aliphatic carbocycles. The third kappa shape index (κ3) is 4.53. The zero-order valence-electron chi connectivity index (χ0n) is 18.8. The molecule has 2 heterocycles. The summed E-state index contributed by atoms with van der Waals surface area (Å²) in [4.78, 5) is 0. The van der Waals surface area contributed by atoms with Crippen molar-refractivity contribution < 1.29 is 0 Å². The van der Waals surface area contributed by atoms with Gasteiger partial charge in [0.2, 0.25) is 0 Å². The molecule has 0 spiro atoms. The Kier molecular flexibility index (Phi) is 6.59. The summed E-state index contributed by atoms with van der Waals surface area (Å²) in [6, 6.07) is 32.3. The van der Waals surface area contributed by atoms with Gasteiger partial charge in [0.15, 0.2) is 0 Å². The van der Waals surface area contributed by atoms with E-state index in [4.69, 9.17) is 0 Å². The van der Waals surface area contributed by atoms with Crippen LogP contribution < -0.4 is 10.6 Å². The van der Waals surface area contributed by atoms with Crippen LogP contribution in [0.1, 0.15) is 36.8 Å². The first kappa shape index (κ1) is 21.4. The monoisotopic (exact) mass is 446 g/mol. The van der Waals surface area contributed by atoms with Crippen LogP contribution >= 0.6 is 15.2 Å². The number of rotatable bonds is 6. The second-order valence-corrected chi connectivity index (χ2v) is 17.2. The molecular formula is C29H36P2. The van der Waals surface area contributed by atoms with E-state index in [2.05, 4.69) is 91.6 Å². The van der Waals surface area contributed by atoms with Crippen molar-refractivity contribution in [1.29, 1.82) is 0 Å². The molecule has 162 valence electrons. The fourth-order valence-electron chi connectivity index (χ4n) is 6.28. The van der Waals surface area contributed by atoms with E-state index >= 15 is 0 Å². The maximum absolute atomic E-state index is 2.73. The second-order valence-electron chi connectivity index (χ2n) is 9.89. The number of benzene rings is 3. The fourth-order valence-corrected chi connectivity index (χ4v) is 15.3. The van der Waals surface area contributed by atoms with E-state index in [9.17, 15) is 0 Å². The van der Waals surface area contributed by atoms with E-state index in [-0.39, 0.29) is 7.92 Å². The maximum atomic E-state index is 2.73. The molecule has 0 amide bonds. The molecular weight excluding hydrogens is 410 g/mol. The second kappa shape index (κ2) is 9.57. The quantitative estimate of drug-likeness (QED) is 0.374. The minimum atomic E-state index is -1.49. The van der Waals surface area contributed by atoms with Gasteiger partial charge in [-0.1, -0.05) is 0 Å². The standard InChI is InChI=1S/C29H36P2/c1-31(21-11-17-27(31)23-25-14-6-3-7-15-25)29-19-9-8-18-28(29)30-20-10-16-26(30)22-24-12-4-2-5-13-24/h2-9,12-15,18-19,26-27,31H,10-11,16-17,20-23H2,1H3/t26-,27-,30+/m1/s1. The van der Waals surface area contributed by atoms with E-state index in [1.165, 1.54) is 56.4 Å². The molecule has 3 aromatic rings. The van der Waals surface area contributed by atoms with Crippen LogP contribution in [0.15, 0.2) is 84.9 Å². The molecule has 3 aromatic carbocycles. The molecule has 0 radical (unpaired) electrons. The fraction of sp³-hybridized carbons (Fsp3) is 0.379. The van der Waals surface area contributed by atoms with Crippen molar-refractivity contribution in [2.75, 3.05) is 19.0 Å². The summed E-state index contributed by atoms with van der Waals surface area (Å²) in [7, 11) is -1.53. The van der Waals surface area contributed by atoms with E-state index in [0.29, 0.717) is 0 Å². The molecule has 0 bridgehead atoms. The van der Waals surface area contributed by atoms with E-state index in [1.54, 1.807) is 10.9 Å². The van der Waals surface area contributed by atoms with Crippen LogP contribution in [0.3, 0.4) is 0 Å². The Labute approximate surface area is 190 Å². The Balaban J connectivity index is 1.44. The molecule has 2 aliphatic rings. The van der Waals surface area contributed by atoms with Crippen molar-refractivity contribution in [2.24, 2.45) is 0 Å². The van der Waals surface area contributed by atoms with Gasteiger partial charge >= 0.3 is 191 Å². The normalized spacial score (nSPS) is 26.0. The van der Waals surface area contributed by atoms with Gasteiger partial charge in [0, 0.05) is 0 Å². The summed E-state index contributed by atoms with van der Waals surface area (Å²) >= 11 is 0. The Morgan fingerprint density at radius 3 is 2.13 bits per heavy atom. The van der Waals surface area contributed by atoms with Crippen molar-refractivity contribution in [3.8, 4) is 0 Å². The molecule has 5 rings (SSSR count). The summed E-state index contributed by atoms with van der Waals surface area (Å²) in [6.07, 6.45) is 11.2. The van der Waals surface area contributed by atoms with Crippen molar-refractivity contribution >= 4 is 25.8 Å². The summed E-state index contributed by atoms with van der Waals surface area (Å²) in [5, 5.41) is 3.63. The molecule has 3 atom stereocenters. The Bertz CT molecular complexity index is 984. The predicted octanol–water partition coefficient (Wildman–Crippen LogP) is 6.61. The van der Waals surface area contributed by atoms with E-state index in [1.807, 2.05) is 5.30 Å². The molecule has 0 nitrogen and oxygen atoms in total. The molecule has 2 aliphatic heterocycles. The van der Waals surface area contributed by atoms with Crippen molar-refractivity contribution in [1.82, 2.24) is 0 Å². The average Bonchev–Trinajstić information content (AvgIpc) is 3.42. The minimum absolute atomic E-state index is 0.0397. The van der Waals surface area contributed by atoms with Gasteiger partial charge in [-0.05, 0) is 0 Å². The first-order chi connectivity index (χ1) is 15.2. The SMILES string of the molecule is C[PH]1(c2ccccc2[P@@]2CCC[C@@H]2Cc2ccccc2)CCC[C@@H]1Cc1ccccc1. The molecule has 0 unspecified atom stereocenters.